The van der Waals surface area contributed by atoms with E-state index in [1.807, 2.05) is 12.1 Å². The minimum absolute atomic E-state index is 0.0680. The van der Waals surface area contributed by atoms with E-state index < -0.39 is 0 Å². The molecule has 5 heteroatoms. The van der Waals surface area contributed by atoms with Crippen LogP contribution in [0.1, 0.15) is 20.8 Å². The molecule has 1 unspecified atom stereocenters. The number of anilines is 1. The molecule has 1 aromatic rings. The van der Waals surface area contributed by atoms with Crippen molar-refractivity contribution < 1.29 is 14.6 Å². The van der Waals surface area contributed by atoms with Gasteiger partial charge in [-0.15, -0.1) is 0 Å². The Morgan fingerprint density at radius 3 is 2.70 bits per heavy atom. The second-order valence-corrected chi connectivity index (χ2v) is 5.31. The van der Waals surface area contributed by atoms with E-state index in [1.165, 1.54) is 4.90 Å². The third-order valence-corrected chi connectivity index (χ3v) is 2.91. The number of likely N-dealkylation sites (N-methyl/N-ethyl adjacent to an activating group) is 1. The van der Waals surface area contributed by atoms with Crippen LogP contribution in [0.2, 0.25) is 0 Å². The molecule has 0 radical (unpaired) electrons. The summed E-state index contributed by atoms with van der Waals surface area (Å²) < 4.78 is 5.61. The molecule has 0 aliphatic carbocycles. The van der Waals surface area contributed by atoms with E-state index in [4.69, 9.17) is 9.84 Å². The number of hydrogen-bond acceptors (Lipinski definition) is 3. The van der Waals surface area contributed by atoms with Crippen LogP contribution in [0, 0.1) is 5.92 Å². The predicted molar refractivity (Wildman–Crippen MR) is 80.1 cm³/mol. The zero-order valence-electron chi connectivity index (χ0n) is 12.6. The van der Waals surface area contributed by atoms with Crippen molar-refractivity contribution in [2.45, 2.75) is 26.8 Å². The number of carbonyl (C=O) groups excluding carboxylic acids is 1. The maximum atomic E-state index is 12.0. The lowest BCUT2D eigenvalue weighted by atomic mass is 10.2. The molecule has 20 heavy (non-hydrogen) atoms. The third-order valence-electron chi connectivity index (χ3n) is 2.91. The number of aliphatic hydroxyl groups is 1. The molecule has 0 bridgehead atoms. The number of benzene rings is 1. The second-order valence-electron chi connectivity index (χ2n) is 5.31. The van der Waals surface area contributed by atoms with Crippen molar-refractivity contribution in [3.8, 4) is 5.75 Å². The van der Waals surface area contributed by atoms with Gasteiger partial charge in [0.2, 0.25) is 0 Å². The maximum Gasteiger partial charge on any atom is 0.321 e. The van der Waals surface area contributed by atoms with E-state index in [0.29, 0.717) is 18.2 Å². The highest BCUT2D eigenvalue weighted by Gasteiger charge is 2.14. The van der Waals surface area contributed by atoms with Crippen molar-refractivity contribution in [2.24, 2.45) is 5.92 Å². The van der Waals surface area contributed by atoms with Crippen LogP contribution in [0.5, 0.6) is 5.75 Å². The normalized spacial score (nSPS) is 12.1. The van der Waals surface area contributed by atoms with Gasteiger partial charge < -0.3 is 20.1 Å². The molecule has 0 fully saturated rings. The molecule has 0 heterocycles. The van der Waals surface area contributed by atoms with Gasteiger partial charge in [0, 0.05) is 18.8 Å². The number of ether oxygens (including phenoxy) is 1. The van der Waals surface area contributed by atoms with E-state index in [2.05, 4.69) is 19.2 Å². The lowest BCUT2D eigenvalue weighted by Crippen LogP contribution is -2.40. The molecule has 1 rings (SSSR count). The Morgan fingerprint density at radius 2 is 2.10 bits per heavy atom. The maximum absolute atomic E-state index is 12.0. The summed E-state index contributed by atoms with van der Waals surface area (Å²) in [5.41, 5.74) is 0.674. The van der Waals surface area contributed by atoms with Gasteiger partial charge in [-0.05, 0) is 25.0 Å². The molecule has 0 saturated carbocycles. The smallest absolute Gasteiger partial charge is 0.321 e. The lowest BCUT2D eigenvalue weighted by molar-refractivity contribution is 0.166. The molecule has 112 valence electrons. The number of amides is 2. The van der Waals surface area contributed by atoms with Crippen LogP contribution in [0.3, 0.4) is 0 Å². The molecular weight excluding hydrogens is 256 g/mol. The van der Waals surface area contributed by atoms with E-state index in [-0.39, 0.29) is 18.7 Å². The Bertz CT molecular complexity index is 435. The van der Waals surface area contributed by atoms with Gasteiger partial charge in [0.15, 0.2) is 0 Å². The van der Waals surface area contributed by atoms with E-state index in [1.54, 1.807) is 26.1 Å². The van der Waals surface area contributed by atoms with Crippen LogP contribution < -0.4 is 10.1 Å². The fourth-order valence-corrected chi connectivity index (χ4v) is 1.46. The first-order valence-electron chi connectivity index (χ1n) is 6.81. The standard InChI is InChI=1S/C15H24N2O3/c1-11(2)10-20-14-7-5-6-13(8-14)16-15(19)17(4)12(3)9-18/h5-8,11-12,18H,9-10H2,1-4H3,(H,16,19). The first kappa shape index (κ1) is 16.3. The Balaban J connectivity index is 2.63. The highest BCUT2D eigenvalue weighted by molar-refractivity contribution is 5.89. The number of nitrogens with zero attached hydrogens (tertiary/aromatic N) is 1. The summed E-state index contributed by atoms with van der Waals surface area (Å²) in [4.78, 5) is 13.4. The summed E-state index contributed by atoms with van der Waals surface area (Å²) in [6.07, 6.45) is 0. The Labute approximate surface area is 120 Å². The molecule has 0 aromatic heterocycles. The van der Waals surface area contributed by atoms with Gasteiger partial charge in [-0.2, -0.15) is 0 Å². The topological polar surface area (TPSA) is 61.8 Å². The monoisotopic (exact) mass is 280 g/mol. The zero-order chi connectivity index (χ0) is 15.1. The molecule has 0 aliphatic rings. The average Bonchev–Trinajstić information content (AvgIpc) is 2.43. The van der Waals surface area contributed by atoms with Crippen molar-refractivity contribution in [2.75, 3.05) is 25.6 Å². The molecule has 0 saturated heterocycles. The minimum atomic E-state index is -0.257. The number of nitrogens with one attached hydrogen (secondary N) is 1. The van der Waals surface area contributed by atoms with Gasteiger partial charge in [-0.3, -0.25) is 0 Å². The minimum Gasteiger partial charge on any atom is -0.493 e. The Morgan fingerprint density at radius 1 is 1.40 bits per heavy atom. The molecule has 0 aliphatic heterocycles. The molecule has 5 nitrogen and oxygen atoms in total. The summed E-state index contributed by atoms with van der Waals surface area (Å²) in [5, 5.41) is 11.8. The molecule has 2 amide bonds. The number of carbonyl (C=O) groups is 1. The van der Waals surface area contributed by atoms with Gasteiger partial charge in [0.25, 0.3) is 0 Å². The number of urea groups is 1. The van der Waals surface area contributed by atoms with Crippen LogP contribution in [-0.2, 0) is 0 Å². The fraction of sp³-hybridized carbons (Fsp3) is 0.533. The van der Waals surface area contributed by atoms with Crippen LogP contribution in [0.25, 0.3) is 0 Å². The highest BCUT2D eigenvalue weighted by Crippen LogP contribution is 2.18. The van der Waals surface area contributed by atoms with Gasteiger partial charge in [-0.25, -0.2) is 4.79 Å². The van der Waals surface area contributed by atoms with E-state index >= 15 is 0 Å². The van der Waals surface area contributed by atoms with Crippen molar-refractivity contribution >= 4 is 11.7 Å². The first-order chi connectivity index (χ1) is 9.43. The lowest BCUT2D eigenvalue weighted by Gasteiger charge is -2.23. The van der Waals surface area contributed by atoms with Crippen LogP contribution in [-0.4, -0.2) is 42.3 Å². The van der Waals surface area contributed by atoms with Gasteiger partial charge in [-0.1, -0.05) is 19.9 Å². The molecule has 0 spiro atoms. The molecule has 2 N–H and O–H groups in total. The predicted octanol–water partition coefficient (Wildman–Crippen LogP) is 2.57. The Hall–Kier alpha value is -1.75. The second kappa shape index (κ2) is 7.75. The number of aliphatic hydroxyl groups excluding tert-OH is 1. The van der Waals surface area contributed by atoms with E-state index in [0.717, 1.165) is 5.75 Å². The SMILES string of the molecule is CC(C)COc1cccc(NC(=O)N(C)C(C)CO)c1. The molecular formula is C15H24N2O3. The van der Waals surface area contributed by atoms with Crippen molar-refractivity contribution in [3.63, 3.8) is 0 Å². The van der Waals surface area contributed by atoms with Crippen molar-refractivity contribution in [1.82, 2.24) is 4.90 Å². The summed E-state index contributed by atoms with van der Waals surface area (Å²) in [6, 6.07) is 6.80. The fourth-order valence-electron chi connectivity index (χ4n) is 1.46. The van der Waals surface area contributed by atoms with Crippen LogP contribution >= 0.6 is 0 Å². The number of rotatable bonds is 6. The molecule has 1 atom stereocenters. The summed E-state index contributed by atoms with van der Waals surface area (Å²) >= 11 is 0. The Kier molecular flexibility index (Phi) is 6.31. The number of hydrogen-bond donors (Lipinski definition) is 2. The van der Waals surface area contributed by atoms with Crippen molar-refractivity contribution in [1.29, 1.82) is 0 Å². The molecule has 1 aromatic carbocycles. The largest absolute Gasteiger partial charge is 0.493 e. The van der Waals surface area contributed by atoms with E-state index in [9.17, 15) is 4.79 Å². The van der Waals surface area contributed by atoms with Gasteiger partial charge in [0.1, 0.15) is 5.75 Å². The average molecular weight is 280 g/mol. The summed E-state index contributed by atoms with van der Waals surface area (Å²) in [7, 11) is 1.65. The van der Waals surface area contributed by atoms with Crippen LogP contribution in [0.4, 0.5) is 10.5 Å². The highest BCUT2D eigenvalue weighted by atomic mass is 16.5. The van der Waals surface area contributed by atoms with Crippen molar-refractivity contribution in [3.05, 3.63) is 24.3 Å². The van der Waals surface area contributed by atoms with Crippen LogP contribution in [0.15, 0.2) is 24.3 Å². The summed E-state index contributed by atoms with van der Waals surface area (Å²) in [5.74, 6) is 1.18. The van der Waals surface area contributed by atoms with Gasteiger partial charge >= 0.3 is 6.03 Å². The zero-order valence-corrected chi connectivity index (χ0v) is 12.6. The third kappa shape index (κ3) is 5.09. The first-order valence-corrected chi connectivity index (χ1v) is 6.81. The quantitative estimate of drug-likeness (QED) is 0.842. The summed E-state index contributed by atoms with van der Waals surface area (Å²) in [6.45, 7) is 6.51. The van der Waals surface area contributed by atoms with Gasteiger partial charge in [0.05, 0.1) is 19.3 Å².